The zero-order chi connectivity index (χ0) is 12.3. The van der Waals surface area contributed by atoms with Gasteiger partial charge >= 0.3 is 0 Å². The second kappa shape index (κ2) is 5.17. The summed E-state index contributed by atoms with van der Waals surface area (Å²) in [5, 5.41) is 1.85. The Kier molecular flexibility index (Phi) is 3.61. The van der Waals surface area contributed by atoms with Gasteiger partial charge < -0.3 is 4.74 Å². The van der Waals surface area contributed by atoms with Gasteiger partial charge in [-0.1, -0.05) is 11.8 Å². The molecule has 6 heteroatoms. The van der Waals surface area contributed by atoms with Gasteiger partial charge in [-0.15, -0.1) is 11.3 Å². The minimum absolute atomic E-state index is 0.0870. The lowest BCUT2D eigenvalue weighted by molar-refractivity contribution is 0.413. The van der Waals surface area contributed by atoms with Gasteiger partial charge in [0.15, 0.2) is 4.34 Å². The maximum atomic E-state index is 13.6. The van der Waals surface area contributed by atoms with Crippen molar-refractivity contribution in [3.8, 4) is 5.75 Å². The normalized spacial score (nSPS) is 9.94. The Labute approximate surface area is 106 Å². The molecule has 17 heavy (non-hydrogen) atoms. The van der Waals surface area contributed by atoms with Crippen molar-refractivity contribution >= 4 is 28.8 Å². The minimum atomic E-state index is -0.571. The van der Waals surface area contributed by atoms with Crippen molar-refractivity contribution in [3.05, 3.63) is 40.9 Å². The number of halogens is 1. The molecular weight excluding hydrogens is 259 g/mol. The molecule has 0 radical (unpaired) electrons. The van der Waals surface area contributed by atoms with Crippen LogP contribution in [0.2, 0.25) is 0 Å². The van der Waals surface area contributed by atoms with Crippen LogP contribution in [-0.4, -0.2) is 12.1 Å². The Morgan fingerprint density at radius 2 is 2.35 bits per heavy atom. The van der Waals surface area contributed by atoms with Gasteiger partial charge in [0.1, 0.15) is 11.6 Å². The number of aromatic nitrogens is 1. The van der Waals surface area contributed by atoms with Crippen molar-refractivity contribution in [3.63, 3.8) is 0 Å². The molecule has 1 heterocycles. The van der Waals surface area contributed by atoms with Gasteiger partial charge in [-0.25, -0.2) is 14.2 Å². The van der Waals surface area contributed by atoms with E-state index in [-0.39, 0.29) is 11.4 Å². The van der Waals surface area contributed by atoms with E-state index in [1.807, 2.05) is 5.38 Å². The number of ether oxygens (including phenoxy) is 1. The van der Waals surface area contributed by atoms with E-state index < -0.39 is 5.82 Å². The standard InChI is InChI=1S/C11H7FN2OS2/c1-13-10-8(12)5-7(6-9(10)15-2)17-11-14-3-4-16-11/h3-6H,2H3. The van der Waals surface area contributed by atoms with Gasteiger partial charge in [0.25, 0.3) is 5.69 Å². The highest BCUT2D eigenvalue weighted by Crippen LogP contribution is 2.38. The summed E-state index contributed by atoms with van der Waals surface area (Å²) in [5.41, 5.74) is -0.0870. The molecule has 86 valence electrons. The zero-order valence-electron chi connectivity index (χ0n) is 8.81. The Morgan fingerprint density at radius 3 is 2.94 bits per heavy atom. The lowest BCUT2D eigenvalue weighted by Crippen LogP contribution is -1.87. The molecule has 0 aliphatic rings. The lowest BCUT2D eigenvalue weighted by Gasteiger charge is -2.06. The third-order valence-corrected chi connectivity index (χ3v) is 3.80. The summed E-state index contributed by atoms with van der Waals surface area (Å²) in [4.78, 5) is 7.87. The average Bonchev–Trinajstić information content (AvgIpc) is 2.81. The largest absolute Gasteiger partial charge is 0.508 e. The van der Waals surface area contributed by atoms with Crippen molar-refractivity contribution in [1.29, 1.82) is 0 Å². The number of methoxy groups -OCH3 is 1. The Morgan fingerprint density at radius 1 is 1.53 bits per heavy atom. The molecule has 0 spiro atoms. The molecule has 0 N–H and O–H groups in total. The monoisotopic (exact) mass is 266 g/mol. The Balaban J connectivity index is 2.37. The topological polar surface area (TPSA) is 26.5 Å². The number of hydrogen-bond acceptors (Lipinski definition) is 4. The van der Waals surface area contributed by atoms with E-state index in [0.717, 1.165) is 4.34 Å². The molecule has 0 saturated carbocycles. The summed E-state index contributed by atoms with van der Waals surface area (Å²) in [6, 6.07) is 2.96. The average molecular weight is 266 g/mol. The first kappa shape index (κ1) is 11.9. The van der Waals surface area contributed by atoms with E-state index in [0.29, 0.717) is 4.90 Å². The molecule has 3 nitrogen and oxygen atoms in total. The van der Waals surface area contributed by atoms with Crippen LogP contribution < -0.4 is 4.74 Å². The molecule has 0 saturated heterocycles. The van der Waals surface area contributed by atoms with Crippen LogP contribution in [0.4, 0.5) is 10.1 Å². The first-order chi connectivity index (χ1) is 8.24. The van der Waals surface area contributed by atoms with Gasteiger partial charge in [-0.05, 0) is 12.1 Å². The highest BCUT2D eigenvalue weighted by atomic mass is 32.2. The van der Waals surface area contributed by atoms with E-state index in [1.165, 1.54) is 36.3 Å². The molecular formula is C11H7FN2OS2. The van der Waals surface area contributed by atoms with Gasteiger partial charge in [0, 0.05) is 16.5 Å². The molecule has 2 rings (SSSR count). The summed E-state index contributed by atoms with van der Waals surface area (Å²) in [5.74, 6) is -0.322. The lowest BCUT2D eigenvalue weighted by atomic mass is 10.3. The first-order valence-electron chi connectivity index (χ1n) is 4.57. The Hall–Kier alpha value is -1.58. The third kappa shape index (κ3) is 2.57. The molecule has 0 atom stereocenters. The summed E-state index contributed by atoms with van der Waals surface area (Å²) < 4.78 is 19.4. The van der Waals surface area contributed by atoms with Crippen LogP contribution in [0, 0.1) is 12.4 Å². The highest BCUT2D eigenvalue weighted by molar-refractivity contribution is 8.01. The predicted molar refractivity (Wildman–Crippen MR) is 65.5 cm³/mol. The van der Waals surface area contributed by atoms with E-state index in [2.05, 4.69) is 9.83 Å². The fourth-order valence-electron chi connectivity index (χ4n) is 1.23. The minimum Gasteiger partial charge on any atom is -0.508 e. The SMILES string of the molecule is [C-]#[N+]c1c(F)cc(Sc2nccs2)cc1OC. The second-order valence-corrected chi connectivity index (χ2v) is 5.18. The smallest absolute Gasteiger partial charge is 0.262 e. The van der Waals surface area contributed by atoms with Crippen LogP contribution in [0.1, 0.15) is 0 Å². The Bertz CT molecular complexity index is 564. The maximum absolute atomic E-state index is 13.6. The molecule has 0 unspecified atom stereocenters. The van der Waals surface area contributed by atoms with Crippen molar-refractivity contribution in [1.82, 2.24) is 4.98 Å². The fraction of sp³-hybridized carbons (Fsp3) is 0.0909. The van der Waals surface area contributed by atoms with Gasteiger partial charge in [0.2, 0.25) is 0 Å². The van der Waals surface area contributed by atoms with Gasteiger partial charge in [0.05, 0.1) is 13.7 Å². The van der Waals surface area contributed by atoms with Crippen molar-refractivity contribution in [2.24, 2.45) is 0 Å². The van der Waals surface area contributed by atoms with Gasteiger partial charge in [-0.2, -0.15) is 0 Å². The van der Waals surface area contributed by atoms with Crippen LogP contribution in [0.15, 0.2) is 32.9 Å². The van der Waals surface area contributed by atoms with Crippen molar-refractivity contribution < 1.29 is 9.13 Å². The van der Waals surface area contributed by atoms with E-state index in [4.69, 9.17) is 11.3 Å². The number of rotatable bonds is 3. The molecule has 0 aliphatic heterocycles. The quantitative estimate of drug-likeness (QED) is 0.786. The van der Waals surface area contributed by atoms with Crippen molar-refractivity contribution in [2.45, 2.75) is 9.24 Å². The van der Waals surface area contributed by atoms with Crippen molar-refractivity contribution in [2.75, 3.05) is 7.11 Å². The first-order valence-corrected chi connectivity index (χ1v) is 6.26. The second-order valence-electron chi connectivity index (χ2n) is 2.97. The highest BCUT2D eigenvalue weighted by Gasteiger charge is 2.13. The number of nitrogens with zero attached hydrogens (tertiary/aromatic N) is 2. The molecule has 1 aromatic carbocycles. The van der Waals surface area contributed by atoms with Crippen LogP contribution in [-0.2, 0) is 0 Å². The number of hydrogen-bond donors (Lipinski definition) is 0. The van der Waals surface area contributed by atoms with Crippen LogP contribution in [0.5, 0.6) is 5.75 Å². The molecule has 0 amide bonds. The van der Waals surface area contributed by atoms with Gasteiger partial charge in [-0.3, -0.25) is 0 Å². The van der Waals surface area contributed by atoms with Crippen LogP contribution in [0.3, 0.4) is 0 Å². The molecule has 1 aromatic heterocycles. The van der Waals surface area contributed by atoms with E-state index in [1.54, 1.807) is 12.3 Å². The summed E-state index contributed by atoms with van der Waals surface area (Å²) in [6.07, 6.45) is 1.69. The molecule has 0 bridgehead atoms. The molecule has 0 aliphatic carbocycles. The van der Waals surface area contributed by atoms with E-state index >= 15 is 0 Å². The van der Waals surface area contributed by atoms with Crippen LogP contribution >= 0.6 is 23.1 Å². The van der Waals surface area contributed by atoms with Crippen LogP contribution in [0.25, 0.3) is 4.85 Å². The summed E-state index contributed by atoms with van der Waals surface area (Å²) >= 11 is 2.82. The maximum Gasteiger partial charge on any atom is 0.262 e. The number of thiazole rings is 1. The third-order valence-electron chi connectivity index (χ3n) is 1.95. The fourth-order valence-corrected chi connectivity index (χ4v) is 2.89. The summed E-state index contributed by atoms with van der Waals surface area (Å²) in [6.45, 7) is 6.88. The molecule has 2 aromatic rings. The summed E-state index contributed by atoms with van der Waals surface area (Å²) in [7, 11) is 1.42. The molecule has 0 fully saturated rings. The zero-order valence-corrected chi connectivity index (χ0v) is 10.4. The number of benzene rings is 1. The van der Waals surface area contributed by atoms with E-state index in [9.17, 15) is 4.39 Å². The predicted octanol–water partition coefficient (Wildman–Crippen LogP) is 3.99.